The SMILES string of the molecule is CCn1nc(C)cc1C(=O)Cc1ccc(F)cc1. The summed E-state index contributed by atoms with van der Waals surface area (Å²) in [5, 5.41) is 4.24. The molecule has 0 aliphatic heterocycles. The van der Waals surface area contributed by atoms with Crippen molar-refractivity contribution in [3.63, 3.8) is 0 Å². The monoisotopic (exact) mass is 246 g/mol. The van der Waals surface area contributed by atoms with Crippen LogP contribution < -0.4 is 0 Å². The maximum Gasteiger partial charge on any atom is 0.185 e. The predicted molar refractivity (Wildman–Crippen MR) is 67.1 cm³/mol. The Balaban J connectivity index is 2.19. The summed E-state index contributed by atoms with van der Waals surface area (Å²) >= 11 is 0. The fourth-order valence-corrected chi connectivity index (χ4v) is 1.89. The fourth-order valence-electron chi connectivity index (χ4n) is 1.89. The number of aryl methyl sites for hydroxylation is 2. The number of nitrogens with zero attached hydrogens (tertiary/aromatic N) is 2. The highest BCUT2D eigenvalue weighted by Crippen LogP contribution is 2.10. The number of carbonyl (C=O) groups excluding carboxylic acids is 1. The molecule has 0 atom stereocenters. The molecule has 1 aromatic carbocycles. The van der Waals surface area contributed by atoms with Gasteiger partial charge in [-0.2, -0.15) is 5.10 Å². The quantitative estimate of drug-likeness (QED) is 0.777. The standard InChI is InChI=1S/C14H15FN2O/c1-3-17-13(8-10(2)16-17)14(18)9-11-4-6-12(15)7-5-11/h4-8H,3,9H2,1-2H3. The molecule has 0 unspecified atom stereocenters. The summed E-state index contributed by atoms with van der Waals surface area (Å²) in [7, 11) is 0. The molecule has 0 radical (unpaired) electrons. The molecule has 3 nitrogen and oxygen atoms in total. The second-order valence-corrected chi connectivity index (χ2v) is 4.21. The van der Waals surface area contributed by atoms with Gasteiger partial charge in [0.1, 0.15) is 11.5 Å². The van der Waals surface area contributed by atoms with Gasteiger partial charge in [-0.25, -0.2) is 4.39 Å². The van der Waals surface area contributed by atoms with Crippen molar-refractivity contribution in [2.75, 3.05) is 0 Å². The third-order valence-corrected chi connectivity index (χ3v) is 2.77. The molecule has 0 saturated heterocycles. The minimum atomic E-state index is -0.291. The normalized spacial score (nSPS) is 10.6. The van der Waals surface area contributed by atoms with E-state index in [1.165, 1.54) is 12.1 Å². The molecule has 0 amide bonds. The lowest BCUT2D eigenvalue weighted by Crippen LogP contribution is -2.11. The summed E-state index contributed by atoms with van der Waals surface area (Å²) in [6.07, 6.45) is 0.269. The van der Waals surface area contributed by atoms with Gasteiger partial charge in [-0.05, 0) is 37.6 Å². The van der Waals surface area contributed by atoms with Gasteiger partial charge in [0.25, 0.3) is 0 Å². The summed E-state index contributed by atoms with van der Waals surface area (Å²) in [6, 6.07) is 7.78. The van der Waals surface area contributed by atoms with Crippen LogP contribution in [0.25, 0.3) is 0 Å². The Labute approximate surface area is 105 Å². The zero-order valence-corrected chi connectivity index (χ0v) is 10.5. The number of benzene rings is 1. The van der Waals surface area contributed by atoms with Gasteiger partial charge < -0.3 is 0 Å². The third-order valence-electron chi connectivity index (χ3n) is 2.77. The van der Waals surface area contributed by atoms with E-state index in [2.05, 4.69) is 5.10 Å². The average molecular weight is 246 g/mol. The lowest BCUT2D eigenvalue weighted by molar-refractivity contribution is 0.0982. The molecular weight excluding hydrogens is 231 g/mol. The van der Waals surface area contributed by atoms with E-state index in [9.17, 15) is 9.18 Å². The predicted octanol–water partition coefficient (Wildman–Crippen LogP) is 2.78. The smallest absolute Gasteiger partial charge is 0.185 e. The van der Waals surface area contributed by atoms with Gasteiger partial charge in [-0.15, -0.1) is 0 Å². The summed E-state index contributed by atoms with van der Waals surface area (Å²) < 4.78 is 14.5. The van der Waals surface area contributed by atoms with Gasteiger partial charge in [-0.1, -0.05) is 12.1 Å². The maximum atomic E-state index is 12.8. The van der Waals surface area contributed by atoms with Gasteiger partial charge in [0, 0.05) is 13.0 Å². The Kier molecular flexibility index (Phi) is 3.55. The molecule has 0 spiro atoms. The Bertz CT molecular complexity index is 558. The van der Waals surface area contributed by atoms with Gasteiger partial charge in [-0.3, -0.25) is 9.48 Å². The van der Waals surface area contributed by atoms with E-state index < -0.39 is 0 Å². The molecule has 18 heavy (non-hydrogen) atoms. The molecule has 0 fully saturated rings. The second-order valence-electron chi connectivity index (χ2n) is 4.21. The van der Waals surface area contributed by atoms with Crippen LogP contribution in [0, 0.1) is 12.7 Å². The first-order valence-corrected chi connectivity index (χ1v) is 5.92. The summed E-state index contributed by atoms with van der Waals surface area (Å²) in [6.45, 7) is 4.47. The number of hydrogen-bond donors (Lipinski definition) is 0. The van der Waals surface area contributed by atoms with Crippen LogP contribution >= 0.6 is 0 Å². The molecule has 0 aliphatic carbocycles. The van der Waals surface area contributed by atoms with E-state index in [4.69, 9.17) is 0 Å². The number of halogens is 1. The van der Waals surface area contributed by atoms with Crippen molar-refractivity contribution >= 4 is 5.78 Å². The summed E-state index contributed by atoms with van der Waals surface area (Å²) in [5.41, 5.74) is 2.25. The van der Waals surface area contributed by atoms with E-state index in [0.717, 1.165) is 11.3 Å². The van der Waals surface area contributed by atoms with Crippen molar-refractivity contribution in [2.24, 2.45) is 0 Å². The van der Waals surface area contributed by atoms with Crippen molar-refractivity contribution in [3.8, 4) is 0 Å². The van der Waals surface area contributed by atoms with Gasteiger partial charge in [0.15, 0.2) is 5.78 Å². The number of Topliss-reactive ketones (excluding diaryl/α,β-unsaturated/α-hetero) is 1. The highest BCUT2D eigenvalue weighted by atomic mass is 19.1. The van der Waals surface area contributed by atoms with Crippen molar-refractivity contribution in [3.05, 3.63) is 53.1 Å². The number of ketones is 1. The molecular formula is C14H15FN2O. The molecule has 0 bridgehead atoms. The molecule has 0 aliphatic rings. The van der Waals surface area contributed by atoms with Crippen LogP contribution in [0.4, 0.5) is 4.39 Å². The average Bonchev–Trinajstić information content (AvgIpc) is 2.73. The van der Waals surface area contributed by atoms with Gasteiger partial charge in [0.2, 0.25) is 0 Å². The second kappa shape index (κ2) is 5.12. The van der Waals surface area contributed by atoms with Crippen LogP contribution in [0.5, 0.6) is 0 Å². The number of rotatable bonds is 4. The number of carbonyl (C=O) groups is 1. The first-order valence-electron chi connectivity index (χ1n) is 5.92. The third kappa shape index (κ3) is 2.64. The Hall–Kier alpha value is -1.97. The largest absolute Gasteiger partial charge is 0.292 e. The van der Waals surface area contributed by atoms with Crippen molar-refractivity contribution < 1.29 is 9.18 Å². The molecule has 1 heterocycles. The van der Waals surface area contributed by atoms with Gasteiger partial charge >= 0.3 is 0 Å². The maximum absolute atomic E-state index is 12.8. The molecule has 4 heteroatoms. The first-order chi connectivity index (χ1) is 8.60. The van der Waals surface area contributed by atoms with Crippen LogP contribution in [0.1, 0.15) is 28.7 Å². The van der Waals surface area contributed by atoms with E-state index in [-0.39, 0.29) is 18.0 Å². The minimum Gasteiger partial charge on any atom is -0.292 e. The van der Waals surface area contributed by atoms with E-state index in [0.29, 0.717) is 12.2 Å². The lowest BCUT2D eigenvalue weighted by Gasteiger charge is -2.04. The van der Waals surface area contributed by atoms with Gasteiger partial charge in [0.05, 0.1) is 5.69 Å². The minimum absolute atomic E-state index is 0.00376. The summed E-state index contributed by atoms with van der Waals surface area (Å²) in [5.74, 6) is -0.287. The molecule has 1 aromatic heterocycles. The number of hydrogen-bond acceptors (Lipinski definition) is 2. The van der Waals surface area contributed by atoms with Crippen LogP contribution in [-0.2, 0) is 13.0 Å². The molecule has 2 aromatic rings. The van der Waals surface area contributed by atoms with Crippen LogP contribution in [-0.4, -0.2) is 15.6 Å². The Morgan fingerprint density at radius 1 is 1.33 bits per heavy atom. The lowest BCUT2D eigenvalue weighted by atomic mass is 10.1. The van der Waals surface area contributed by atoms with Crippen LogP contribution in [0.3, 0.4) is 0 Å². The van der Waals surface area contributed by atoms with Crippen LogP contribution in [0.2, 0.25) is 0 Å². The zero-order valence-electron chi connectivity index (χ0n) is 10.5. The fraction of sp³-hybridized carbons (Fsp3) is 0.286. The van der Waals surface area contributed by atoms with Crippen LogP contribution in [0.15, 0.2) is 30.3 Å². The zero-order chi connectivity index (χ0) is 13.1. The van der Waals surface area contributed by atoms with E-state index in [1.54, 1.807) is 22.9 Å². The molecule has 2 rings (SSSR count). The van der Waals surface area contributed by atoms with Crippen molar-refractivity contribution in [1.82, 2.24) is 9.78 Å². The molecule has 0 N–H and O–H groups in total. The highest BCUT2D eigenvalue weighted by Gasteiger charge is 2.13. The Morgan fingerprint density at radius 3 is 2.61 bits per heavy atom. The molecule has 0 saturated carbocycles. The van der Waals surface area contributed by atoms with E-state index >= 15 is 0 Å². The topological polar surface area (TPSA) is 34.9 Å². The van der Waals surface area contributed by atoms with Crippen molar-refractivity contribution in [2.45, 2.75) is 26.8 Å². The van der Waals surface area contributed by atoms with Crippen molar-refractivity contribution in [1.29, 1.82) is 0 Å². The summed E-state index contributed by atoms with van der Waals surface area (Å²) in [4.78, 5) is 12.1. The molecule has 94 valence electrons. The Morgan fingerprint density at radius 2 is 2.00 bits per heavy atom. The van der Waals surface area contributed by atoms with E-state index in [1.807, 2.05) is 13.8 Å². The first kappa shape index (κ1) is 12.5. The highest BCUT2D eigenvalue weighted by molar-refractivity contribution is 5.96. The number of aromatic nitrogens is 2.